The molecule has 1 aromatic carbocycles. The first-order valence-electron chi connectivity index (χ1n) is 7.35. The molecular weight excluding hydrogens is 320 g/mol. The number of para-hydroxylation sites is 1. The molecule has 1 saturated heterocycles. The number of aromatic nitrogens is 1. The molecule has 0 aliphatic carbocycles. The number of hydrogen-bond acceptors (Lipinski definition) is 5. The van der Waals surface area contributed by atoms with Gasteiger partial charge >= 0.3 is 0 Å². The second kappa shape index (κ2) is 5.96. The zero-order chi connectivity index (χ0) is 15.7. The van der Waals surface area contributed by atoms with Crippen molar-refractivity contribution in [2.75, 3.05) is 18.8 Å². The van der Waals surface area contributed by atoms with Crippen LogP contribution in [0.3, 0.4) is 0 Å². The minimum atomic E-state index is -3.39. The number of benzene rings is 1. The molecule has 5 nitrogen and oxygen atoms in total. The van der Waals surface area contributed by atoms with Crippen LogP contribution in [0.4, 0.5) is 0 Å². The monoisotopic (exact) mass is 338 g/mol. The van der Waals surface area contributed by atoms with Crippen LogP contribution in [0.2, 0.25) is 0 Å². The van der Waals surface area contributed by atoms with Crippen molar-refractivity contribution in [2.24, 2.45) is 5.92 Å². The van der Waals surface area contributed by atoms with Crippen LogP contribution in [-0.2, 0) is 14.6 Å². The Morgan fingerprint density at radius 2 is 2.18 bits per heavy atom. The molecular formula is C15H18N2O3S2. The molecule has 1 aromatic heterocycles. The molecule has 7 heteroatoms. The lowest BCUT2D eigenvalue weighted by molar-refractivity contribution is -0.129. The number of carbonyl (C=O) groups is 1. The minimum Gasteiger partial charge on any atom is -0.342 e. The van der Waals surface area contributed by atoms with Crippen molar-refractivity contribution in [3.8, 4) is 0 Å². The molecule has 1 atom stereocenters. The lowest BCUT2D eigenvalue weighted by Gasteiger charge is -2.15. The number of amides is 1. The molecule has 3 rings (SSSR count). The largest absolute Gasteiger partial charge is 0.342 e. The van der Waals surface area contributed by atoms with Gasteiger partial charge < -0.3 is 4.90 Å². The van der Waals surface area contributed by atoms with Gasteiger partial charge in [-0.15, -0.1) is 11.3 Å². The van der Waals surface area contributed by atoms with Gasteiger partial charge in [0.2, 0.25) is 20.1 Å². The fraction of sp³-hybridized carbons (Fsp3) is 0.467. The van der Waals surface area contributed by atoms with Crippen LogP contribution >= 0.6 is 11.3 Å². The summed E-state index contributed by atoms with van der Waals surface area (Å²) in [5.74, 6) is 0.174. The van der Waals surface area contributed by atoms with E-state index in [4.69, 9.17) is 0 Å². The molecule has 2 aromatic rings. The second-order valence-electron chi connectivity index (χ2n) is 5.58. The third-order valence-electron chi connectivity index (χ3n) is 3.94. The van der Waals surface area contributed by atoms with E-state index < -0.39 is 9.84 Å². The number of nitrogens with zero attached hydrogens (tertiary/aromatic N) is 2. The average molecular weight is 338 g/mol. The Kier molecular flexibility index (Phi) is 4.18. The van der Waals surface area contributed by atoms with Gasteiger partial charge in [-0.25, -0.2) is 13.4 Å². The van der Waals surface area contributed by atoms with Crippen LogP contribution in [0.15, 0.2) is 28.6 Å². The summed E-state index contributed by atoms with van der Waals surface area (Å²) in [6.07, 6.45) is 1.22. The van der Waals surface area contributed by atoms with E-state index in [-0.39, 0.29) is 21.9 Å². The van der Waals surface area contributed by atoms with E-state index in [1.165, 1.54) is 11.3 Å². The quantitative estimate of drug-likeness (QED) is 0.858. The van der Waals surface area contributed by atoms with Crippen molar-refractivity contribution in [2.45, 2.75) is 24.1 Å². The highest BCUT2D eigenvalue weighted by molar-refractivity contribution is 7.93. The summed E-state index contributed by atoms with van der Waals surface area (Å²) >= 11 is 1.22. The van der Waals surface area contributed by atoms with Gasteiger partial charge in [0.15, 0.2) is 0 Å². The Balaban J connectivity index is 1.75. The van der Waals surface area contributed by atoms with E-state index in [1.807, 2.05) is 31.2 Å². The first kappa shape index (κ1) is 15.4. The average Bonchev–Trinajstić information content (AvgIpc) is 3.12. The van der Waals surface area contributed by atoms with E-state index in [0.717, 1.165) is 16.6 Å². The molecule has 0 radical (unpaired) electrons. The number of rotatable bonds is 4. The number of hydrogen-bond donors (Lipinski definition) is 0. The summed E-state index contributed by atoms with van der Waals surface area (Å²) in [5, 5.41) is 0. The van der Waals surface area contributed by atoms with Gasteiger partial charge in [-0.2, -0.15) is 0 Å². The fourth-order valence-electron chi connectivity index (χ4n) is 2.78. The Morgan fingerprint density at radius 3 is 2.91 bits per heavy atom. The lowest BCUT2D eigenvalue weighted by atomic mass is 10.2. The first-order valence-corrected chi connectivity index (χ1v) is 9.82. The maximum atomic E-state index is 12.5. The van der Waals surface area contributed by atoms with Gasteiger partial charge in [-0.05, 0) is 24.5 Å². The normalized spacial score (nSPS) is 19.0. The zero-order valence-electron chi connectivity index (χ0n) is 12.4. The van der Waals surface area contributed by atoms with Gasteiger partial charge in [0.25, 0.3) is 0 Å². The first-order chi connectivity index (χ1) is 10.5. The van der Waals surface area contributed by atoms with Crippen LogP contribution in [-0.4, -0.2) is 43.1 Å². The number of sulfone groups is 1. The highest BCUT2D eigenvalue weighted by Crippen LogP contribution is 2.28. The van der Waals surface area contributed by atoms with E-state index in [0.29, 0.717) is 19.5 Å². The number of likely N-dealkylation sites (tertiary alicyclic amines) is 1. The van der Waals surface area contributed by atoms with Gasteiger partial charge in [-0.1, -0.05) is 19.1 Å². The van der Waals surface area contributed by atoms with E-state index in [2.05, 4.69) is 4.98 Å². The van der Waals surface area contributed by atoms with Crippen LogP contribution in [0.5, 0.6) is 0 Å². The minimum absolute atomic E-state index is 0.00696. The van der Waals surface area contributed by atoms with Gasteiger partial charge in [0.1, 0.15) is 0 Å². The summed E-state index contributed by atoms with van der Waals surface area (Å²) in [4.78, 5) is 17.7. The molecule has 0 bridgehead atoms. The molecule has 1 fully saturated rings. The van der Waals surface area contributed by atoms with Gasteiger partial charge in [-0.3, -0.25) is 4.79 Å². The Morgan fingerprint density at radius 1 is 1.41 bits per heavy atom. The van der Waals surface area contributed by atoms with Gasteiger partial charge in [0.05, 0.1) is 16.0 Å². The van der Waals surface area contributed by atoms with Crippen molar-refractivity contribution in [3.05, 3.63) is 24.3 Å². The van der Waals surface area contributed by atoms with Crippen LogP contribution < -0.4 is 0 Å². The Labute approximate surface area is 133 Å². The van der Waals surface area contributed by atoms with Crippen molar-refractivity contribution in [3.63, 3.8) is 0 Å². The summed E-state index contributed by atoms with van der Waals surface area (Å²) in [6, 6.07) is 7.43. The summed E-state index contributed by atoms with van der Waals surface area (Å²) in [5.41, 5.74) is 0.722. The number of thiazole rings is 1. The van der Waals surface area contributed by atoms with Crippen molar-refractivity contribution >= 4 is 37.3 Å². The fourth-order valence-corrected chi connectivity index (χ4v) is 5.74. The van der Waals surface area contributed by atoms with Crippen LogP contribution in [0, 0.1) is 5.92 Å². The summed E-state index contributed by atoms with van der Waals surface area (Å²) in [7, 11) is -3.39. The van der Waals surface area contributed by atoms with E-state index in [1.54, 1.807) is 4.90 Å². The Hall–Kier alpha value is -1.47. The van der Waals surface area contributed by atoms with Crippen LogP contribution in [0.1, 0.15) is 19.8 Å². The zero-order valence-corrected chi connectivity index (χ0v) is 14.0. The van der Waals surface area contributed by atoms with Crippen molar-refractivity contribution in [1.29, 1.82) is 0 Å². The lowest BCUT2D eigenvalue weighted by Crippen LogP contribution is -2.29. The van der Waals surface area contributed by atoms with Crippen molar-refractivity contribution < 1.29 is 13.2 Å². The predicted octanol–water partition coefficient (Wildman–Crippen LogP) is 2.33. The molecule has 0 saturated carbocycles. The standard InChI is InChI=1S/C15H18N2O3S2/c1-2-14(18)17-8-7-11(9-17)10-22(19,20)15-16-12-5-3-4-6-13(12)21-15/h3-6,11H,2,7-10H2,1H3/t11-/m0/s1. The van der Waals surface area contributed by atoms with Crippen LogP contribution in [0.25, 0.3) is 10.2 Å². The third-order valence-corrected chi connectivity index (χ3v) is 7.31. The molecule has 0 unspecified atom stereocenters. The van der Waals surface area contributed by atoms with E-state index >= 15 is 0 Å². The smallest absolute Gasteiger partial charge is 0.222 e. The van der Waals surface area contributed by atoms with E-state index in [9.17, 15) is 13.2 Å². The molecule has 22 heavy (non-hydrogen) atoms. The number of carbonyl (C=O) groups excluding carboxylic acids is 1. The summed E-state index contributed by atoms with van der Waals surface area (Å²) < 4.78 is 26.2. The third kappa shape index (κ3) is 3.01. The SMILES string of the molecule is CCC(=O)N1CC[C@H](CS(=O)(=O)c2nc3ccccc3s2)C1. The Bertz CT molecular complexity index is 765. The predicted molar refractivity (Wildman–Crippen MR) is 86.7 cm³/mol. The molecule has 1 aliphatic heterocycles. The summed E-state index contributed by atoms with van der Waals surface area (Å²) in [6.45, 7) is 3.02. The topological polar surface area (TPSA) is 67.3 Å². The maximum absolute atomic E-state index is 12.5. The van der Waals surface area contributed by atoms with Crippen molar-refractivity contribution in [1.82, 2.24) is 9.88 Å². The molecule has 2 heterocycles. The second-order valence-corrected chi connectivity index (χ2v) is 8.82. The molecule has 1 amide bonds. The molecule has 0 spiro atoms. The highest BCUT2D eigenvalue weighted by Gasteiger charge is 2.31. The highest BCUT2D eigenvalue weighted by atomic mass is 32.2. The molecule has 0 N–H and O–H groups in total. The molecule has 1 aliphatic rings. The molecule has 118 valence electrons. The van der Waals surface area contributed by atoms with Gasteiger partial charge in [0, 0.05) is 19.5 Å². The maximum Gasteiger partial charge on any atom is 0.222 e. The number of fused-ring (bicyclic) bond motifs is 1.